The molecule has 0 aromatic carbocycles. The summed E-state index contributed by atoms with van der Waals surface area (Å²) in [6.45, 7) is 2.11. The molecule has 18 heterocycles. The molecule has 0 amide bonds. The summed E-state index contributed by atoms with van der Waals surface area (Å²) in [5.74, 6) is 1.71. The van der Waals surface area contributed by atoms with Crippen molar-refractivity contribution in [2.75, 3.05) is 70.7 Å². The Hall–Kier alpha value is -13.3. The average Bonchev–Trinajstić information content (AvgIpc) is 0.796. The van der Waals surface area contributed by atoms with E-state index in [2.05, 4.69) is 481 Å². The number of pyridine rings is 14. The van der Waals surface area contributed by atoms with E-state index in [1.54, 1.807) is 24.8 Å². The fourth-order valence-electron chi connectivity index (χ4n) is 15.8. The summed E-state index contributed by atoms with van der Waals surface area (Å²) in [5.41, 5.74) is 24.1. The first-order chi connectivity index (χ1) is 69.3. The van der Waals surface area contributed by atoms with Gasteiger partial charge in [0.15, 0.2) is 87.5 Å². The van der Waals surface area contributed by atoms with Crippen molar-refractivity contribution in [3.05, 3.63) is 402 Å². The van der Waals surface area contributed by atoms with Crippen molar-refractivity contribution in [1.29, 1.82) is 0 Å². The standard InChI is InChI=1S/3C18H20N3.C14H28N3.2C12H14N2.2C10H12N4.4CH4O.4Ru/c3*1-19-13-6-4-9-15(19)17-11-8-12-18(21(17)3)16-10-5-7-14-20(16)2;1-15-13(11-16(2,3)4)9-8-10-14(15)12-17(5,6)7;2*1-13-9-5-3-7-11(13)12-8-4-6-10-14(12)2;1-13-5-3-11-7-9(13)10-8-12-4-6-14(10)2;1-13-7-3-5-11-9(13)10-12-6-4-8-14(10)2;4*1-2;;;;/h3*4-14H,1-3H3;8-10H,11-12H2,1-7H3;2*3-10H,1-2H3;2*3-8H,1-2H3;4*2H,1H3;;;;/q4*+3;4*+2;;;;;;;;. The molecule has 0 unspecified atom stereocenters. The van der Waals surface area contributed by atoms with Gasteiger partial charge in [0.05, 0.1) is 81.2 Å². The van der Waals surface area contributed by atoms with Crippen molar-refractivity contribution in [2.24, 2.45) is 127 Å². The van der Waals surface area contributed by atoms with Gasteiger partial charge in [-0.15, -0.1) is 0 Å². The monoisotopic (exact) mass is 2360 g/mol. The van der Waals surface area contributed by atoms with Crippen molar-refractivity contribution in [3.63, 3.8) is 0 Å². The molecule has 0 aliphatic heterocycles. The summed E-state index contributed by atoms with van der Waals surface area (Å²) in [6, 6.07) is 92.1. The van der Waals surface area contributed by atoms with Gasteiger partial charge in [-0.2, -0.15) is 73.1 Å². The third kappa shape index (κ3) is 37.8. The molecule has 0 fully saturated rings. The fourth-order valence-corrected chi connectivity index (χ4v) is 15.8. The Balaban J connectivity index is 0.000000431. The van der Waals surface area contributed by atoms with Gasteiger partial charge in [-0.1, -0.05) is 0 Å². The zero-order chi connectivity index (χ0) is 106. The molecule has 0 aliphatic rings. The van der Waals surface area contributed by atoms with Gasteiger partial charge in [0, 0.05) is 288 Å². The largest absolute Gasteiger partial charge is 0.417 e. The SMILES string of the molecule is CO.CO.CO.CO.C[n+]1c(C[N+](C)(C)C)cccc1C[N+](C)(C)C.C[n+]1ccccc1-c1cccc(-c2cccc[n+]2C)[n+]1C.C[n+]1ccccc1-c1cccc(-c2cccc[n+]2C)[n+]1C.C[n+]1ccccc1-c1cccc(-c2cccc[n+]2C)[n+]1C.C[n+]1ccccc1-c1cccc[n+]1C.C[n+]1ccccc1-c1cccc[n+]1C.C[n+]1cccnc1-c1nccc[n+]1C.C[n+]1ccncc1-c1cncc[n+]1C.[Ru].[Ru].[Ru].[Ru]. The summed E-state index contributed by atoms with van der Waals surface area (Å²) in [7, 11) is 54.5. The summed E-state index contributed by atoms with van der Waals surface area (Å²) >= 11 is 0. The van der Waals surface area contributed by atoms with E-state index >= 15 is 0 Å². The van der Waals surface area contributed by atoms with Gasteiger partial charge in [0.2, 0.25) is 11.4 Å². The predicted molar refractivity (Wildman–Crippen MR) is 554 cm³/mol. The van der Waals surface area contributed by atoms with E-state index in [9.17, 15) is 0 Å². The second-order valence-corrected chi connectivity index (χ2v) is 35.8. The third-order valence-corrected chi connectivity index (χ3v) is 23.3. The van der Waals surface area contributed by atoms with Crippen LogP contribution in [0.25, 0.3) is 114 Å². The molecular weight excluding hydrogens is 2200 g/mol. The maximum absolute atomic E-state index is 7.00. The maximum Gasteiger partial charge on any atom is 0.417 e. The third-order valence-electron chi connectivity index (χ3n) is 23.3. The smallest absolute Gasteiger partial charge is 0.400 e. The minimum Gasteiger partial charge on any atom is -0.400 e. The fraction of sp³-hybridized carbons (Fsp3) is 0.259. The summed E-state index contributed by atoms with van der Waals surface area (Å²) in [6.07, 6.45) is 39.1. The molecule has 0 saturated carbocycles. The van der Waals surface area contributed by atoms with Crippen LogP contribution in [0.4, 0.5) is 0 Å². The van der Waals surface area contributed by atoms with Gasteiger partial charge in [0.25, 0.3) is 102 Å². The molecule has 0 bridgehead atoms. The Morgan fingerprint density at radius 3 is 0.507 bits per heavy atom. The number of aryl methyl sites for hydroxylation is 14. The second-order valence-electron chi connectivity index (χ2n) is 35.8. The van der Waals surface area contributed by atoms with Gasteiger partial charge in [-0.25, -0.2) is 9.13 Å². The van der Waals surface area contributed by atoms with Crippen molar-refractivity contribution in [3.8, 4) is 114 Å². The van der Waals surface area contributed by atoms with Crippen LogP contribution in [0.2, 0.25) is 0 Å². The average molecular weight is 2350 g/mol. The first-order valence-corrected chi connectivity index (χ1v) is 47.3. The number of hydrogen-bond donors (Lipinski definition) is 4. The topological polar surface area (TPSA) is 202 Å². The minimum atomic E-state index is 0. The van der Waals surface area contributed by atoms with Crippen molar-refractivity contribution in [1.82, 2.24) is 19.9 Å². The normalized spacial score (nSPS) is 10.0. The van der Waals surface area contributed by atoms with E-state index < -0.39 is 0 Å². The molecule has 18 aromatic heterocycles. The first-order valence-electron chi connectivity index (χ1n) is 47.3. The zero-order valence-electron chi connectivity index (χ0n) is 91.3. The predicted octanol–water partition coefficient (Wildman–Crippen LogP) is 5.42. The van der Waals surface area contributed by atoms with E-state index in [1.165, 1.54) is 102 Å². The quantitative estimate of drug-likeness (QED) is 0.0628. The summed E-state index contributed by atoms with van der Waals surface area (Å²) in [4.78, 5) is 16.8. The Morgan fingerprint density at radius 2 is 0.338 bits per heavy atom. The Kier molecular flexibility index (Phi) is 57.5. The van der Waals surface area contributed by atoms with Crippen LogP contribution in [-0.2, 0) is 218 Å². The molecule has 0 aliphatic carbocycles. The van der Waals surface area contributed by atoms with E-state index in [4.69, 9.17) is 20.4 Å². The second kappa shape index (κ2) is 66.1. The van der Waals surface area contributed by atoms with Crippen LogP contribution in [0.15, 0.2) is 391 Å². The number of aliphatic hydroxyl groups excluding tert-OH is 4. The van der Waals surface area contributed by atoms with Crippen LogP contribution < -0.4 is 82.2 Å². The van der Waals surface area contributed by atoms with Crippen molar-refractivity contribution < 1.29 is 190 Å². The van der Waals surface area contributed by atoms with E-state index in [0.717, 1.165) is 73.5 Å². The van der Waals surface area contributed by atoms with Crippen LogP contribution in [0, 0.1) is 0 Å². The van der Waals surface area contributed by atoms with Gasteiger partial charge < -0.3 is 29.4 Å². The molecule has 4 N–H and O–H groups in total. The molecule has 148 heavy (non-hydrogen) atoms. The number of rotatable bonds is 14. The summed E-state index contributed by atoms with van der Waals surface area (Å²) in [5, 5.41) is 28.0. The zero-order valence-corrected chi connectivity index (χ0v) is 98.3. The minimum absolute atomic E-state index is 0. The van der Waals surface area contributed by atoms with Crippen molar-refractivity contribution >= 4 is 0 Å². The molecule has 0 atom stereocenters. The van der Waals surface area contributed by atoms with Gasteiger partial charge in [-0.05, 0) is 94.9 Å². The van der Waals surface area contributed by atoms with Crippen LogP contribution >= 0.6 is 0 Å². The Labute approximate surface area is 929 Å². The van der Waals surface area contributed by atoms with E-state index in [1.807, 2.05) is 156 Å². The number of aromatic nitrogens is 22. The Bertz CT molecular complexity index is 6030. The number of hydrogen-bond acceptors (Lipinski definition) is 8. The number of nitrogens with zero attached hydrogens (tertiary/aromatic N) is 24. The first kappa shape index (κ1) is 129. The van der Waals surface area contributed by atoms with Gasteiger partial charge in [-0.3, -0.25) is 9.97 Å². The van der Waals surface area contributed by atoms with Crippen molar-refractivity contribution in [2.45, 2.75) is 13.1 Å². The molecule has 32 heteroatoms. The van der Waals surface area contributed by atoms with Crippen LogP contribution in [0.1, 0.15) is 11.4 Å². The molecule has 18 rings (SSSR count). The maximum atomic E-state index is 7.00. The van der Waals surface area contributed by atoms with Gasteiger partial charge >= 0.3 is 11.6 Å². The molecule has 776 valence electrons. The van der Waals surface area contributed by atoms with Crippen LogP contribution in [0.3, 0.4) is 0 Å². The van der Waals surface area contributed by atoms with E-state index in [-0.39, 0.29) is 77.9 Å². The number of quaternary nitrogens is 2. The number of aliphatic hydroxyl groups is 4. The van der Waals surface area contributed by atoms with Crippen LogP contribution in [-0.4, -0.2) is 120 Å². The molecule has 0 spiro atoms. The summed E-state index contributed by atoms with van der Waals surface area (Å²) < 4.78 is 40.3. The van der Waals surface area contributed by atoms with E-state index in [0.29, 0.717) is 0 Å². The molecule has 0 saturated heterocycles. The molecule has 0 radical (unpaired) electrons. The van der Waals surface area contributed by atoms with Crippen LogP contribution in [0.5, 0.6) is 0 Å². The molecular formula is C116H156N24O4Ru4+20. The molecule has 18 aromatic rings. The van der Waals surface area contributed by atoms with Gasteiger partial charge in [0.1, 0.15) is 138 Å². The Morgan fingerprint density at radius 1 is 0.176 bits per heavy atom. The molecule has 28 nitrogen and oxygen atoms in total.